The van der Waals surface area contributed by atoms with Crippen LogP contribution in [0.25, 0.3) is 0 Å². The smallest absolute Gasteiger partial charge is 0.105 e. The molecule has 1 N–H and O–H groups in total. The molecule has 1 aromatic heterocycles. The lowest BCUT2D eigenvalue weighted by Gasteiger charge is -2.15. The van der Waals surface area contributed by atoms with Crippen molar-refractivity contribution in [3.8, 4) is 0 Å². The fraction of sp³-hybridized carbons (Fsp3) is 0.333. The van der Waals surface area contributed by atoms with E-state index in [1.165, 1.54) is 11.1 Å². The number of hydrogen-bond acceptors (Lipinski definition) is 2. The molecule has 0 spiro atoms. The number of benzene rings is 1. The number of halogens is 1. The average Bonchev–Trinajstić information content (AvgIpc) is 2.68. The van der Waals surface area contributed by atoms with Crippen molar-refractivity contribution in [2.24, 2.45) is 0 Å². The minimum Gasteiger partial charge on any atom is -0.466 e. The third-order valence-electron chi connectivity index (χ3n) is 3.16. The van der Waals surface area contributed by atoms with Crippen LogP contribution in [0.2, 0.25) is 0 Å². The normalized spacial score (nSPS) is 12.7. The topological polar surface area (TPSA) is 25.2 Å². The molecule has 2 nitrogen and oxygen atoms in total. The average molecular weight is 308 g/mol. The van der Waals surface area contributed by atoms with E-state index in [1.807, 2.05) is 20.9 Å². The van der Waals surface area contributed by atoms with Gasteiger partial charge in [-0.3, -0.25) is 0 Å². The summed E-state index contributed by atoms with van der Waals surface area (Å²) in [5.41, 5.74) is 2.56. The summed E-state index contributed by atoms with van der Waals surface area (Å²) < 4.78 is 6.72. The zero-order valence-corrected chi connectivity index (χ0v) is 12.5. The molecule has 0 aliphatic carbocycles. The summed E-state index contributed by atoms with van der Waals surface area (Å²) in [5, 5.41) is 3.36. The molecular weight excluding hydrogens is 290 g/mol. The van der Waals surface area contributed by atoms with E-state index in [0.29, 0.717) is 6.04 Å². The van der Waals surface area contributed by atoms with Crippen LogP contribution in [0.4, 0.5) is 0 Å². The molecule has 3 heteroatoms. The first-order chi connectivity index (χ1) is 8.60. The summed E-state index contributed by atoms with van der Waals surface area (Å²) in [6.45, 7) is 4.01. The quantitative estimate of drug-likeness (QED) is 0.917. The largest absolute Gasteiger partial charge is 0.466 e. The van der Waals surface area contributed by atoms with Crippen LogP contribution in [-0.2, 0) is 6.42 Å². The fourth-order valence-corrected chi connectivity index (χ4v) is 2.48. The molecule has 1 aromatic carbocycles. The molecule has 0 radical (unpaired) electrons. The second-order valence-corrected chi connectivity index (χ2v) is 5.46. The van der Waals surface area contributed by atoms with Gasteiger partial charge in [0.05, 0.1) is 0 Å². The van der Waals surface area contributed by atoms with Gasteiger partial charge in [0, 0.05) is 16.1 Å². The van der Waals surface area contributed by atoms with Gasteiger partial charge < -0.3 is 9.73 Å². The standard InChI is InChI=1S/C15H18BrNO/c1-10-8-14(11(2)18-10)15(17-3)9-12-4-6-13(16)7-5-12/h4-8,15,17H,9H2,1-3H3. The molecule has 2 aromatic rings. The van der Waals surface area contributed by atoms with E-state index in [0.717, 1.165) is 22.4 Å². The Balaban J connectivity index is 2.19. The zero-order valence-electron chi connectivity index (χ0n) is 11.0. The van der Waals surface area contributed by atoms with Gasteiger partial charge in [-0.2, -0.15) is 0 Å². The Kier molecular flexibility index (Phi) is 4.25. The Morgan fingerprint density at radius 2 is 1.89 bits per heavy atom. The van der Waals surface area contributed by atoms with Crippen LogP contribution >= 0.6 is 15.9 Å². The summed E-state index contributed by atoms with van der Waals surface area (Å²) in [6.07, 6.45) is 0.962. The fourth-order valence-electron chi connectivity index (χ4n) is 2.22. The lowest BCUT2D eigenvalue weighted by molar-refractivity contribution is 0.490. The Morgan fingerprint density at radius 3 is 2.39 bits per heavy atom. The minimum absolute atomic E-state index is 0.295. The highest BCUT2D eigenvalue weighted by molar-refractivity contribution is 9.10. The van der Waals surface area contributed by atoms with E-state index >= 15 is 0 Å². The summed E-state index contributed by atoms with van der Waals surface area (Å²) in [6, 6.07) is 10.9. The van der Waals surface area contributed by atoms with Gasteiger partial charge in [-0.05, 0) is 51.1 Å². The predicted octanol–water partition coefficient (Wildman–Crippen LogP) is 4.16. The molecule has 1 atom stereocenters. The first-order valence-corrected chi connectivity index (χ1v) is 6.88. The SMILES string of the molecule is CNC(Cc1ccc(Br)cc1)c1cc(C)oc1C. The zero-order chi connectivity index (χ0) is 13.1. The molecule has 2 rings (SSSR count). The first kappa shape index (κ1) is 13.4. The Labute approximate surface area is 117 Å². The Hall–Kier alpha value is -1.06. The number of aryl methyl sites for hydroxylation is 2. The number of furan rings is 1. The molecule has 96 valence electrons. The van der Waals surface area contributed by atoms with E-state index in [4.69, 9.17) is 4.42 Å². The van der Waals surface area contributed by atoms with E-state index < -0.39 is 0 Å². The van der Waals surface area contributed by atoms with E-state index in [1.54, 1.807) is 0 Å². The number of hydrogen-bond donors (Lipinski definition) is 1. The molecule has 0 amide bonds. The highest BCUT2D eigenvalue weighted by atomic mass is 79.9. The van der Waals surface area contributed by atoms with Crippen LogP contribution < -0.4 is 5.32 Å². The van der Waals surface area contributed by atoms with Crippen molar-refractivity contribution in [1.29, 1.82) is 0 Å². The number of nitrogens with one attached hydrogen (secondary N) is 1. The van der Waals surface area contributed by atoms with Gasteiger partial charge >= 0.3 is 0 Å². The molecule has 1 unspecified atom stereocenters. The molecule has 1 heterocycles. The maximum atomic E-state index is 5.61. The molecule has 0 aliphatic rings. The van der Waals surface area contributed by atoms with Gasteiger partial charge in [0.1, 0.15) is 11.5 Å². The second-order valence-electron chi connectivity index (χ2n) is 4.54. The number of rotatable bonds is 4. The maximum absolute atomic E-state index is 5.61. The van der Waals surface area contributed by atoms with Crippen LogP contribution in [0.15, 0.2) is 39.2 Å². The first-order valence-electron chi connectivity index (χ1n) is 6.09. The second kappa shape index (κ2) is 5.72. The van der Waals surface area contributed by atoms with Crippen molar-refractivity contribution in [2.45, 2.75) is 26.3 Å². The Morgan fingerprint density at radius 1 is 1.22 bits per heavy atom. The molecule has 0 bridgehead atoms. The van der Waals surface area contributed by atoms with Crippen LogP contribution in [0, 0.1) is 13.8 Å². The van der Waals surface area contributed by atoms with Gasteiger partial charge in [-0.25, -0.2) is 0 Å². The van der Waals surface area contributed by atoms with Gasteiger partial charge in [0.25, 0.3) is 0 Å². The predicted molar refractivity (Wildman–Crippen MR) is 77.8 cm³/mol. The van der Waals surface area contributed by atoms with E-state index in [-0.39, 0.29) is 0 Å². The molecule has 0 fully saturated rings. The van der Waals surface area contributed by atoms with Crippen LogP contribution in [0.1, 0.15) is 28.7 Å². The lowest BCUT2D eigenvalue weighted by Crippen LogP contribution is -2.19. The van der Waals surface area contributed by atoms with Gasteiger partial charge in [-0.1, -0.05) is 28.1 Å². The highest BCUT2D eigenvalue weighted by Gasteiger charge is 2.15. The molecule has 0 saturated carbocycles. The third kappa shape index (κ3) is 3.03. The minimum atomic E-state index is 0.295. The van der Waals surface area contributed by atoms with Crippen LogP contribution in [0.5, 0.6) is 0 Å². The Bertz CT molecular complexity index is 516. The van der Waals surface area contributed by atoms with Crippen molar-refractivity contribution in [3.63, 3.8) is 0 Å². The summed E-state index contributed by atoms with van der Waals surface area (Å²) in [4.78, 5) is 0. The van der Waals surface area contributed by atoms with Gasteiger partial charge in [-0.15, -0.1) is 0 Å². The van der Waals surface area contributed by atoms with Crippen molar-refractivity contribution < 1.29 is 4.42 Å². The van der Waals surface area contributed by atoms with Crippen molar-refractivity contribution >= 4 is 15.9 Å². The summed E-state index contributed by atoms with van der Waals surface area (Å²) in [7, 11) is 1.99. The lowest BCUT2D eigenvalue weighted by atomic mass is 9.99. The van der Waals surface area contributed by atoms with Crippen LogP contribution in [0.3, 0.4) is 0 Å². The van der Waals surface area contributed by atoms with Crippen molar-refractivity contribution in [1.82, 2.24) is 5.32 Å². The monoisotopic (exact) mass is 307 g/mol. The van der Waals surface area contributed by atoms with Gasteiger partial charge in [0.15, 0.2) is 0 Å². The van der Waals surface area contributed by atoms with Crippen molar-refractivity contribution in [3.05, 3.63) is 57.5 Å². The summed E-state index contributed by atoms with van der Waals surface area (Å²) >= 11 is 3.46. The van der Waals surface area contributed by atoms with E-state index in [2.05, 4.69) is 51.6 Å². The third-order valence-corrected chi connectivity index (χ3v) is 3.68. The molecule has 18 heavy (non-hydrogen) atoms. The molecule has 0 saturated heterocycles. The summed E-state index contributed by atoms with van der Waals surface area (Å²) in [5.74, 6) is 1.97. The maximum Gasteiger partial charge on any atom is 0.105 e. The molecular formula is C15H18BrNO. The van der Waals surface area contributed by atoms with Crippen LogP contribution in [-0.4, -0.2) is 7.05 Å². The van der Waals surface area contributed by atoms with Crippen molar-refractivity contribution in [2.75, 3.05) is 7.05 Å². The van der Waals surface area contributed by atoms with Gasteiger partial charge in [0.2, 0.25) is 0 Å². The number of likely N-dealkylation sites (N-methyl/N-ethyl adjacent to an activating group) is 1. The molecule has 0 aliphatic heterocycles. The highest BCUT2D eigenvalue weighted by Crippen LogP contribution is 2.25. The van der Waals surface area contributed by atoms with E-state index in [9.17, 15) is 0 Å².